The molecule has 152 valence electrons. The Balaban J connectivity index is 1.98. The van der Waals surface area contributed by atoms with Gasteiger partial charge in [-0.25, -0.2) is 18.1 Å². The zero-order valence-corrected chi connectivity index (χ0v) is 16.1. The predicted molar refractivity (Wildman–Crippen MR) is 106 cm³/mol. The summed E-state index contributed by atoms with van der Waals surface area (Å²) in [6.45, 7) is 0.306. The fourth-order valence-corrected chi connectivity index (χ4v) is 3.25. The van der Waals surface area contributed by atoms with Crippen LogP contribution in [0.15, 0.2) is 53.5 Å². The van der Waals surface area contributed by atoms with E-state index in [4.69, 9.17) is 16.2 Å². The second-order valence-electron chi connectivity index (χ2n) is 6.25. The molecule has 9 nitrogen and oxygen atoms in total. The van der Waals surface area contributed by atoms with E-state index in [9.17, 15) is 18.6 Å². The van der Waals surface area contributed by atoms with Crippen molar-refractivity contribution in [1.82, 2.24) is 4.72 Å². The monoisotopic (exact) mass is 408 g/mol. The molecule has 0 bridgehead atoms. The molecule has 2 aromatic rings. The average molecular weight is 408 g/mol. The molecule has 0 saturated carbocycles. The molecule has 0 spiro atoms. The number of nitrogens with one attached hydrogen (secondary N) is 1. The number of benzene rings is 2. The minimum Gasteiger partial charge on any atom is -0.489 e. The number of aliphatic imine (C=N–C) groups is 1. The van der Waals surface area contributed by atoms with Crippen LogP contribution in [0.1, 0.15) is 11.1 Å². The van der Waals surface area contributed by atoms with E-state index in [1.165, 1.54) is 0 Å². The van der Waals surface area contributed by atoms with Crippen LogP contribution in [-0.4, -0.2) is 43.2 Å². The first-order chi connectivity index (χ1) is 13.1. The van der Waals surface area contributed by atoms with E-state index in [2.05, 4.69) is 9.71 Å². The number of nitrogens with zero attached hydrogens (tertiary/aromatic N) is 1. The van der Waals surface area contributed by atoms with Crippen LogP contribution >= 0.6 is 0 Å². The summed E-state index contributed by atoms with van der Waals surface area (Å²) in [4.78, 5) is 3.98. The Morgan fingerprint density at radius 1 is 1.14 bits per heavy atom. The lowest BCUT2D eigenvalue weighted by Gasteiger charge is -2.19. The van der Waals surface area contributed by atoms with Crippen LogP contribution in [0.2, 0.25) is 0 Å². The molecule has 2 rings (SSSR count). The molecule has 0 aliphatic heterocycles. The molecule has 0 fully saturated rings. The van der Waals surface area contributed by atoms with E-state index in [1.54, 1.807) is 36.4 Å². The van der Waals surface area contributed by atoms with Gasteiger partial charge in [-0.05, 0) is 41.8 Å². The molecule has 0 aliphatic rings. The SMILES string of the molecule is CS(=O)(=O)NC(Cc1ccc(OCc2cccc(N=C(N)N)c2)cc1)C(O)O. The van der Waals surface area contributed by atoms with Gasteiger partial charge in [-0.2, -0.15) is 0 Å². The van der Waals surface area contributed by atoms with Crippen LogP contribution in [0, 0.1) is 0 Å². The number of hydrogen-bond acceptors (Lipinski definition) is 6. The minimum absolute atomic E-state index is 0.0229. The third-order valence-corrected chi connectivity index (χ3v) is 4.41. The third kappa shape index (κ3) is 7.53. The number of guanidine groups is 1. The minimum atomic E-state index is -3.57. The maximum Gasteiger partial charge on any atom is 0.209 e. The zero-order valence-electron chi connectivity index (χ0n) is 15.3. The lowest BCUT2D eigenvalue weighted by molar-refractivity contribution is -0.0616. The van der Waals surface area contributed by atoms with Crippen LogP contribution < -0.4 is 20.9 Å². The van der Waals surface area contributed by atoms with Gasteiger partial charge >= 0.3 is 0 Å². The first kappa shape index (κ1) is 21.6. The molecule has 0 heterocycles. The van der Waals surface area contributed by atoms with Gasteiger partial charge < -0.3 is 26.4 Å². The highest BCUT2D eigenvalue weighted by Gasteiger charge is 2.21. The second kappa shape index (κ2) is 9.51. The van der Waals surface area contributed by atoms with E-state index in [0.717, 1.165) is 17.4 Å². The van der Waals surface area contributed by atoms with E-state index in [-0.39, 0.29) is 12.4 Å². The lowest BCUT2D eigenvalue weighted by atomic mass is 10.1. The van der Waals surface area contributed by atoms with E-state index < -0.39 is 22.4 Å². The summed E-state index contributed by atoms with van der Waals surface area (Å²) in [5.74, 6) is 0.582. The lowest BCUT2D eigenvalue weighted by Crippen LogP contribution is -2.44. The molecule has 0 aliphatic carbocycles. The first-order valence-electron chi connectivity index (χ1n) is 8.36. The number of ether oxygens (including phenoxy) is 1. The van der Waals surface area contributed by atoms with Crippen LogP contribution in [0.25, 0.3) is 0 Å². The predicted octanol–water partition coefficient (Wildman–Crippen LogP) is -0.0585. The zero-order chi connectivity index (χ0) is 20.7. The Labute approximate surface area is 163 Å². The molecule has 0 aromatic heterocycles. The van der Waals surface area contributed by atoms with Gasteiger partial charge in [-0.15, -0.1) is 0 Å². The van der Waals surface area contributed by atoms with E-state index in [0.29, 0.717) is 18.0 Å². The number of aliphatic hydroxyl groups is 2. The summed E-state index contributed by atoms with van der Waals surface area (Å²) in [5, 5.41) is 18.7. The summed E-state index contributed by atoms with van der Waals surface area (Å²) in [6, 6.07) is 13.1. The molecule has 10 heteroatoms. The van der Waals surface area contributed by atoms with E-state index >= 15 is 0 Å². The molecular weight excluding hydrogens is 384 g/mol. The van der Waals surface area contributed by atoms with Gasteiger partial charge in [0.05, 0.1) is 18.0 Å². The molecule has 28 heavy (non-hydrogen) atoms. The van der Waals surface area contributed by atoms with Gasteiger partial charge in [0, 0.05) is 0 Å². The van der Waals surface area contributed by atoms with Gasteiger partial charge in [-0.3, -0.25) is 0 Å². The van der Waals surface area contributed by atoms with Crippen molar-refractivity contribution in [2.45, 2.75) is 25.4 Å². The van der Waals surface area contributed by atoms with Crippen molar-refractivity contribution in [3.05, 3.63) is 59.7 Å². The van der Waals surface area contributed by atoms with Crippen molar-refractivity contribution in [2.75, 3.05) is 6.26 Å². The van der Waals surface area contributed by atoms with Crippen molar-refractivity contribution in [3.63, 3.8) is 0 Å². The first-order valence-corrected chi connectivity index (χ1v) is 10.3. The maximum absolute atomic E-state index is 11.3. The average Bonchev–Trinajstić information content (AvgIpc) is 2.59. The van der Waals surface area contributed by atoms with Gasteiger partial charge in [0.15, 0.2) is 12.2 Å². The van der Waals surface area contributed by atoms with Crippen LogP contribution in [0.3, 0.4) is 0 Å². The molecule has 7 N–H and O–H groups in total. The molecule has 0 radical (unpaired) electrons. The van der Waals surface area contributed by atoms with Crippen LogP contribution in [0.5, 0.6) is 5.75 Å². The van der Waals surface area contributed by atoms with Crippen molar-refractivity contribution in [2.24, 2.45) is 16.5 Å². The smallest absolute Gasteiger partial charge is 0.209 e. The normalized spacial score (nSPS) is 12.6. The highest BCUT2D eigenvalue weighted by Crippen LogP contribution is 2.18. The van der Waals surface area contributed by atoms with Crippen molar-refractivity contribution in [3.8, 4) is 5.75 Å². The van der Waals surface area contributed by atoms with Crippen molar-refractivity contribution < 1.29 is 23.4 Å². The number of aliphatic hydroxyl groups excluding tert-OH is 1. The quantitative estimate of drug-likeness (QED) is 0.221. The number of sulfonamides is 1. The van der Waals surface area contributed by atoms with Crippen molar-refractivity contribution in [1.29, 1.82) is 0 Å². The van der Waals surface area contributed by atoms with E-state index in [1.807, 2.05) is 12.1 Å². The fraction of sp³-hybridized carbons (Fsp3) is 0.278. The van der Waals surface area contributed by atoms with Gasteiger partial charge in [0.1, 0.15) is 12.4 Å². The molecule has 0 saturated heterocycles. The summed E-state index contributed by atoms with van der Waals surface area (Å²) in [6.07, 6.45) is -0.740. The highest BCUT2D eigenvalue weighted by molar-refractivity contribution is 7.88. The Morgan fingerprint density at radius 2 is 1.82 bits per heavy atom. The molecule has 1 unspecified atom stereocenters. The second-order valence-corrected chi connectivity index (χ2v) is 8.03. The third-order valence-electron chi connectivity index (χ3n) is 3.68. The summed E-state index contributed by atoms with van der Waals surface area (Å²) in [5.41, 5.74) is 13.0. The Hall–Kier alpha value is -2.66. The molecule has 1 atom stereocenters. The highest BCUT2D eigenvalue weighted by atomic mass is 32.2. The van der Waals surface area contributed by atoms with Gasteiger partial charge in [-0.1, -0.05) is 24.3 Å². The molecule has 0 amide bonds. The van der Waals surface area contributed by atoms with Crippen LogP contribution in [-0.2, 0) is 23.1 Å². The number of hydrogen-bond donors (Lipinski definition) is 5. The molecule has 2 aromatic carbocycles. The summed E-state index contributed by atoms with van der Waals surface area (Å²) in [7, 11) is -3.57. The maximum atomic E-state index is 11.3. The fourth-order valence-electron chi connectivity index (χ4n) is 2.49. The number of nitrogens with two attached hydrogens (primary N) is 2. The Bertz CT molecular complexity index is 910. The summed E-state index contributed by atoms with van der Waals surface area (Å²) >= 11 is 0. The number of rotatable bonds is 9. The largest absolute Gasteiger partial charge is 0.489 e. The molecular formula is C18H24N4O5S. The standard InChI is InChI=1S/C18H24N4O5S/c1-28(25,26)22-16(17(23)24)10-12-5-7-15(8-6-12)27-11-13-3-2-4-14(9-13)21-18(19)20/h2-9,16-17,22-24H,10-11H2,1H3,(H4,19,20,21). The Morgan fingerprint density at radius 3 is 2.39 bits per heavy atom. The van der Waals surface area contributed by atoms with Gasteiger partial charge in [0.25, 0.3) is 0 Å². The van der Waals surface area contributed by atoms with Gasteiger partial charge in [0.2, 0.25) is 10.0 Å². The Kier molecular flexibility index (Phi) is 7.35. The summed E-state index contributed by atoms with van der Waals surface area (Å²) < 4.78 is 30.6. The van der Waals surface area contributed by atoms with Crippen molar-refractivity contribution >= 4 is 21.7 Å². The topological polar surface area (TPSA) is 160 Å². The van der Waals surface area contributed by atoms with Crippen LogP contribution in [0.4, 0.5) is 5.69 Å².